The minimum Gasteiger partial charge on any atom is -0.406 e. The van der Waals surface area contributed by atoms with Gasteiger partial charge in [0.2, 0.25) is 5.92 Å². The molecule has 2 rings (SSSR count). The predicted octanol–water partition coefficient (Wildman–Crippen LogP) is 6.39. The number of methoxy groups -OCH3 is 1. The van der Waals surface area contributed by atoms with Crippen molar-refractivity contribution in [3.63, 3.8) is 0 Å². The van der Waals surface area contributed by atoms with Gasteiger partial charge >= 0.3 is 12.4 Å². The first-order valence-corrected chi connectivity index (χ1v) is 14.9. The van der Waals surface area contributed by atoms with Crippen molar-refractivity contribution in [3.05, 3.63) is 29.8 Å². The highest BCUT2D eigenvalue weighted by molar-refractivity contribution is 5.74. The van der Waals surface area contributed by atoms with E-state index in [-0.39, 0.29) is 55.5 Å². The molecule has 0 saturated heterocycles. The number of urea groups is 1. The molecule has 1 saturated carbocycles. The number of alkyl halides is 5. The van der Waals surface area contributed by atoms with Gasteiger partial charge in [0.25, 0.3) is 0 Å². The van der Waals surface area contributed by atoms with Gasteiger partial charge in [0.15, 0.2) is 0 Å². The number of amides is 2. The normalized spacial score (nSPS) is 16.8. The van der Waals surface area contributed by atoms with Crippen molar-refractivity contribution in [2.75, 3.05) is 40.4 Å². The summed E-state index contributed by atoms with van der Waals surface area (Å²) in [7, 11) is 3.46. The molecule has 7 nitrogen and oxygen atoms in total. The molecule has 244 valence electrons. The smallest absolute Gasteiger partial charge is 0.406 e. The van der Waals surface area contributed by atoms with E-state index in [2.05, 4.69) is 22.3 Å². The molecule has 0 spiro atoms. The Hall–Kier alpha value is -2.18. The summed E-state index contributed by atoms with van der Waals surface area (Å²) in [6.45, 7) is 7.90. The number of hydrogen-bond donors (Lipinski definition) is 3. The van der Waals surface area contributed by atoms with E-state index in [1.165, 1.54) is 31.0 Å². The van der Waals surface area contributed by atoms with E-state index in [9.17, 15) is 31.9 Å². The van der Waals surface area contributed by atoms with Crippen molar-refractivity contribution in [3.8, 4) is 5.75 Å². The summed E-state index contributed by atoms with van der Waals surface area (Å²) in [6.07, 6.45) is -1.68. The van der Waals surface area contributed by atoms with Crippen LogP contribution in [0, 0.1) is 11.8 Å². The molecule has 1 aliphatic carbocycles. The molecule has 42 heavy (non-hydrogen) atoms. The van der Waals surface area contributed by atoms with Crippen molar-refractivity contribution in [2.45, 2.75) is 96.6 Å². The zero-order valence-corrected chi connectivity index (χ0v) is 25.6. The second-order valence-electron chi connectivity index (χ2n) is 11.0. The van der Waals surface area contributed by atoms with E-state index >= 15 is 0 Å². The summed E-state index contributed by atoms with van der Waals surface area (Å²) in [5, 5.41) is 16.8. The lowest BCUT2D eigenvalue weighted by Gasteiger charge is -2.37. The minimum absolute atomic E-state index is 0.108. The fraction of sp³-hybridized carbons (Fsp3) is 0.767. The molecule has 0 bridgehead atoms. The third-order valence-electron chi connectivity index (χ3n) is 7.18. The number of halogens is 5. The zero-order valence-electron chi connectivity index (χ0n) is 25.6. The summed E-state index contributed by atoms with van der Waals surface area (Å²) in [4.78, 5) is 14.6. The van der Waals surface area contributed by atoms with Crippen LogP contribution in [0.3, 0.4) is 0 Å². The van der Waals surface area contributed by atoms with Crippen LogP contribution in [-0.4, -0.2) is 80.9 Å². The number of carbonyl (C=O) groups is 1. The first-order chi connectivity index (χ1) is 19.8. The number of rotatable bonds is 17. The average molecular weight is 612 g/mol. The van der Waals surface area contributed by atoms with Crippen molar-refractivity contribution in [1.29, 1.82) is 0 Å². The number of hydrogen-bond acceptors (Lipinski definition) is 5. The molecule has 1 aromatic rings. The number of nitrogens with zero attached hydrogens (tertiary/aromatic N) is 1. The Kier molecular flexibility index (Phi) is 17.3. The van der Waals surface area contributed by atoms with Gasteiger partial charge in [-0.1, -0.05) is 38.8 Å². The van der Waals surface area contributed by atoms with Crippen molar-refractivity contribution < 1.29 is 41.3 Å². The van der Waals surface area contributed by atoms with E-state index in [1.807, 2.05) is 13.8 Å². The van der Waals surface area contributed by atoms with Crippen molar-refractivity contribution in [1.82, 2.24) is 15.5 Å². The number of aliphatic hydroxyl groups is 1. The van der Waals surface area contributed by atoms with Gasteiger partial charge in [0.1, 0.15) is 5.75 Å². The maximum atomic E-state index is 13.2. The van der Waals surface area contributed by atoms with E-state index in [0.717, 1.165) is 13.0 Å². The number of nitrogens with one attached hydrogen (secondary N) is 2. The summed E-state index contributed by atoms with van der Waals surface area (Å²) in [6, 6.07) is 4.86. The summed E-state index contributed by atoms with van der Waals surface area (Å²) in [5.41, 5.74) is 0.490. The molecule has 3 atom stereocenters. The molecular weight excluding hydrogens is 561 g/mol. The highest BCUT2D eigenvalue weighted by Crippen LogP contribution is 2.44. The number of benzene rings is 1. The summed E-state index contributed by atoms with van der Waals surface area (Å²) in [5.74, 6) is -3.41. The Morgan fingerprint density at radius 1 is 1.19 bits per heavy atom. The summed E-state index contributed by atoms with van der Waals surface area (Å²) >= 11 is 0. The average Bonchev–Trinajstić information content (AvgIpc) is 2.88. The standard InChI is InChI=1S/C25H38F5N3O3.C5H12O/c1-4-7-19(22(34)12-17-8-6-9-21(11-17)36-25(28,29)30)16-33(5-2)23(35)32-20(15-31-3)10-18-13-24(26,27)14-18;1-3-4-5-6-2/h6,8-9,11,18-20,22,31,34H,4-5,7,10,12-16H2,1-3H3,(H,32,35);3-5H2,1-2H3. The molecule has 0 aliphatic heterocycles. The third kappa shape index (κ3) is 15.3. The Morgan fingerprint density at radius 3 is 2.38 bits per heavy atom. The zero-order chi connectivity index (χ0) is 31.8. The van der Waals surface area contributed by atoms with Crippen LogP contribution >= 0.6 is 0 Å². The van der Waals surface area contributed by atoms with Crippen LogP contribution in [-0.2, 0) is 11.2 Å². The van der Waals surface area contributed by atoms with Gasteiger partial charge in [0, 0.05) is 58.2 Å². The molecule has 0 radical (unpaired) electrons. The number of likely N-dealkylation sites (N-methyl/N-ethyl adjacent to an activating group) is 1. The fourth-order valence-electron chi connectivity index (χ4n) is 5.04. The Balaban J connectivity index is 0.00000132. The van der Waals surface area contributed by atoms with Gasteiger partial charge in [-0.3, -0.25) is 0 Å². The lowest BCUT2D eigenvalue weighted by Crippen LogP contribution is -2.51. The number of aliphatic hydroxyl groups excluding tert-OH is 1. The van der Waals surface area contributed by atoms with Gasteiger partial charge in [-0.05, 0) is 63.3 Å². The number of ether oxygens (including phenoxy) is 2. The van der Waals surface area contributed by atoms with Crippen molar-refractivity contribution in [2.24, 2.45) is 11.8 Å². The van der Waals surface area contributed by atoms with Crippen LogP contribution in [0.4, 0.5) is 26.7 Å². The van der Waals surface area contributed by atoms with Gasteiger partial charge in [-0.2, -0.15) is 0 Å². The van der Waals surface area contributed by atoms with Gasteiger partial charge in [-0.25, -0.2) is 13.6 Å². The van der Waals surface area contributed by atoms with Gasteiger partial charge < -0.3 is 30.1 Å². The molecule has 1 fully saturated rings. The first-order valence-electron chi connectivity index (χ1n) is 14.9. The van der Waals surface area contributed by atoms with Crippen LogP contribution in [0.1, 0.15) is 71.3 Å². The molecule has 2 amide bonds. The minimum atomic E-state index is -4.80. The molecule has 1 aliphatic rings. The van der Waals surface area contributed by atoms with Gasteiger partial charge in [-0.15, -0.1) is 13.2 Å². The SMILES string of the molecule is CCCC(CN(CC)C(=O)NC(CNC)CC1CC(F)(F)C1)C(O)Cc1cccc(OC(F)(F)F)c1.CCCCOC. The van der Waals surface area contributed by atoms with Crippen LogP contribution in [0.5, 0.6) is 5.75 Å². The second kappa shape index (κ2) is 19.2. The molecular formula is C30H50F5N3O4. The molecule has 3 N–H and O–H groups in total. The lowest BCUT2D eigenvalue weighted by molar-refractivity contribution is -0.274. The molecule has 3 unspecified atom stereocenters. The maximum absolute atomic E-state index is 13.2. The van der Waals surface area contributed by atoms with Crippen LogP contribution in [0.15, 0.2) is 24.3 Å². The summed E-state index contributed by atoms with van der Waals surface area (Å²) < 4.78 is 72.8. The van der Waals surface area contributed by atoms with Gasteiger partial charge in [0.05, 0.1) is 6.10 Å². The van der Waals surface area contributed by atoms with Crippen LogP contribution in [0.2, 0.25) is 0 Å². The number of carbonyl (C=O) groups excluding carboxylic acids is 1. The lowest BCUT2D eigenvalue weighted by atomic mass is 9.77. The predicted molar refractivity (Wildman–Crippen MR) is 154 cm³/mol. The molecule has 0 aromatic heterocycles. The van der Waals surface area contributed by atoms with E-state index < -0.39 is 18.4 Å². The quantitative estimate of drug-likeness (QED) is 0.140. The molecule has 0 heterocycles. The highest BCUT2D eigenvalue weighted by atomic mass is 19.4. The second-order valence-corrected chi connectivity index (χ2v) is 11.0. The van der Waals surface area contributed by atoms with Crippen LogP contribution < -0.4 is 15.4 Å². The Labute approximate surface area is 247 Å². The van der Waals surface area contributed by atoms with Crippen molar-refractivity contribution >= 4 is 6.03 Å². The maximum Gasteiger partial charge on any atom is 0.573 e. The molecule has 1 aromatic carbocycles. The highest BCUT2D eigenvalue weighted by Gasteiger charge is 2.45. The van der Waals surface area contributed by atoms with E-state index in [0.29, 0.717) is 31.5 Å². The Morgan fingerprint density at radius 2 is 1.88 bits per heavy atom. The Bertz CT molecular complexity index is 879. The number of unbranched alkanes of at least 4 members (excludes halogenated alkanes) is 1. The van der Waals surface area contributed by atoms with E-state index in [4.69, 9.17) is 4.74 Å². The molecule has 12 heteroatoms. The largest absolute Gasteiger partial charge is 0.573 e. The van der Waals surface area contributed by atoms with E-state index in [1.54, 1.807) is 25.1 Å². The fourth-order valence-corrected chi connectivity index (χ4v) is 5.04. The third-order valence-corrected chi connectivity index (χ3v) is 7.18. The van der Waals surface area contributed by atoms with Crippen LogP contribution in [0.25, 0.3) is 0 Å². The first kappa shape index (κ1) is 37.8. The monoisotopic (exact) mass is 611 g/mol. The topological polar surface area (TPSA) is 83.1 Å².